The van der Waals surface area contributed by atoms with Crippen molar-refractivity contribution < 1.29 is 14.6 Å². The van der Waals surface area contributed by atoms with Crippen LogP contribution in [0.15, 0.2) is 24.3 Å². The van der Waals surface area contributed by atoms with Crippen molar-refractivity contribution in [3.8, 4) is 17.6 Å². The smallest absolute Gasteiger partial charge is 0.240 e. The quantitative estimate of drug-likeness (QED) is 0.858. The van der Waals surface area contributed by atoms with Gasteiger partial charge in [0.2, 0.25) is 5.91 Å². The predicted molar refractivity (Wildman–Crippen MR) is 88.5 cm³/mol. The summed E-state index contributed by atoms with van der Waals surface area (Å²) >= 11 is 0. The third-order valence-corrected chi connectivity index (χ3v) is 4.84. The van der Waals surface area contributed by atoms with E-state index in [1.165, 1.54) is 0 Å². The maximum Gasteiger partial charge on any atom is 0.240 e. The minimum Gasteiger partial charge on any atom is -0.508 e. The number of phenols is 1. The number of hydrogen-bond acceptors (Lipinski definition) is 5. The molecule has 0 aliphatic carbocycles. The molecule has 2 N–H and O–H groups in total. The molecular formula is C18H23N3O3. The number of amides is 1. The van der Waals surface area contributed by atoms with Gasteiger partial charge < -0.3 is 20.1 Å². The van der Waals surface area contributed by atoms with Gasteiger partial charge in [-0.05, 0) is 62.4 Å². The largest absolute Gasteiger partial charge is 0.508 e. The molecule has 2 heterocycles. The van der Waals surface area contributed by atoms with Crippen LogP contribution >= 0.6 is 0 Å². The van der Waals surface area contributed by atoms with Crippen LogP contribution in [0.25, 0.3) is 0 Å². The zero-order chi connectivity index (χ0) is 16.9. The summed E-state index contributed by atoms with van der Waals surface area (Å²) in [6.07, 6.45) is 3.38. The van der Waals surface area contributed by atoms with Gasteiger partial charge in [0.15, 0.2) is 0 Å². The number of carbonyl (C=O) groups is 1. The highest BCUT2D eigenvalue weighted by Crippen LogP contribution is 2.24. The molecule has 3 rings (SSSR count). The molecule has 6 heteroatoms. The summed E-state index contributed by atoms with van der Waals surface area (Å²) in [6.45, 7) is 2.09. The van der Waals surface area contributed by atoms with E-state index in [2.05, 4.69) is 11.4 Å². The van der Waals surface area contributed by atoms with Crippen molar-refractivity contribution in [2.75, 3.05) is 19.7 Å². The summed E-state index contributed by atoms with van der Waals surface area (Å²) in [5.74, 6) is 1.43. The Balaban J connectivity index is 1.43. The van der Waals surface area contributed by atoms with Gasteiger partial charge >= 0.3 is 0 Å². The fraction of sp³-hybridized carbons (Fsp3) is 0.556. The first-order valence-corrected chi connectivity index (χ1v) is 8.52. The van der Waals surface area contributed by atoms with E-state index in [4.69, 9.17) is 10.00 Å². The highest BCUT2D eigenvalue weighted by Gasteiger charge is 2.36. The topological polar surface area (TPSA) is 85.6 Å². The Kier molecular flexibility index (Phi) is 5.21. The summed E-state index contributed by atoms with van der Waals surface area (Å²) in [5, 5.41) is 21.7. The molecular weight excluding hydrogens is 306 g/mol. The van der Waals surface area contributed by atoms with E-state index in [0.29, 0.717) is 19.1 Å². The van der Waals surface area contributed by atoms with Crippen LogP contribution in [0, 0.1) is 17.2 Å². The van der Waals surface area contributed by atoms with Crippen molar-refractivity contribution in [3.63, 3.8) is 0 Å². The molecule has 0 spiro atoms. The number of benzene rings is 1. The normalized spacial score (nSPS) is 26.3. The Bertz CT molecular complexity index is 611. The molecule has 1 aromatic carbocycles. The van der Waals surface area contributed by atoms with Gasteiger partial charge in [-0.2, -0.15) is 5.26 Å². The number of ether oxygens (including phenoxy) is 1. The molecule has 0 unspecified atom stereocenters. The molecule has 128 valence electrons. The third-order valence-electron chi connectivity index (χ3n) is 4.84. The average molecular weight is 329 g/mol. The standard InChI is InChI=1S/C18H23N3O3/c19-11-14-2-1-8-21(14)18(23)17-10-13(12-20-17)7-9-24-16-5-3-15(22)4-6-16/h3-6,13-14,17,20,22H,1-2,7-10,12H2/t13-,14-,17-/m0/s1. The number of aromatic hydroxyl groups is 1. The molecule has 24 heavy (non-hydrogen) atoms. The number of nitriles is 1. The van der Waals surface area contributed by atoms with E-state index in [0.717, 1.165) is 38.0 Å². The van der Waals surface area contributed by atoms with Crippen LogP contribution in [0.4, 0.5) is 0 Å². The molecule has 1 aromatic rings. The predicted octanol–water partition coefficient (Wildman–Crippen LogP) is 1.65. The van der Waals surface area contributed by atoms with Crippen molar-refractivity contribution in [2.24, 2.45) is 5.92 Å². The van der Waals surface area contributed by atoms with Crippen LogP contribution in [-0.4, -0.2) is 47.7 Å². The van der Waals surface area contributed by atoms with E-state index in [1.807, 2.05) is 0 Å². The van der Waals surface area contributed by atoms with Crippen LogP contribution in [0.5, 0.6) is 11.5 Å². The van der Waals surface area contributed by atoms with Crippen LogP contribution in [0.2, 0.25) is 0 Å². The van der Waals surface area contributed by atoms with Gasteiger partial charge in [-0.15, -0.1) is 0 Å². The third kappa shape index (κ3) is 3.80. The molecule has 2 fully saturated rings. The Hall–Kier alpha value is -2.26. The van der Waals surface area contributed by atoms with E-state index >= 15 is 0 Å². The second-order valence-electron chi connectivity index (χ2n) is 6.51. The number of phenolic OH excluding ortho intramolecular Hbond substituents is 1. The molecule has 0 aromatic heterocycles. The number of hydrogen-bond donors (Lipinski definition) is 2. The zero-order valence-electron chi connectivity index (χ0n) is 13.6. The van der Waals surface area contributed by atoms with Crippen molar-refractivity contribution in [2.45, 2.75) is 37.8 Å². The fourth-order valence-corrected chi connectivity index (χ4v) is 3.47. The molecule has 0 radical (unpaired) electrons. The van der Waals surface area contributed by atoms with Crippen LogP contribution in [0.1, 0.15) is 25.7 Å². The zero-order valence-corrected chi connectivity index (χ0v) is 13.6. The van der Waals surface area contributed by atoms with Gasteiger partial charge in [0.05, 0.1) is 18.7 Å². The van der Waals surface area contributed by atoms with Gasteiger partial charge in [0.1, 0.15) is 17.5 Å². The van der Waals surface area contributed by atoms with Gasteiger partial charge in [-0.25, -0.2) is 0 Å². The summed E-state index contributed by atoms with van der Waals surface area (Å²) < 4.78 is 5.68. The van der Waals surface area contributed by atoms with E-state index in [1.54, 1.807) is 29.2 Å². The Morgan fingerprint density at radius 1 is 1.42 bits per heavy atom. The first-order valence-electron chi connectivity index (χ1n) is 8.52. The minimum atomic E-state index is -0.254. The van der Waals surface area contributed by atoms with Gasteiger partial charge in [-0.3, -0.25) is 4.79 Å². The molecule has 0 saturated carbocycles. The summed E-state index contributed by atoms with van der Waals surface area (Å²) in [5.41, 5.74) is 0. The maximum atomic E-state index is 12.5. The van der Waals surface area contributed by atoms with Gasteiger partial charge in [0, 0.05) is 6.54 Å². The number of nitrogens with zero attached hydrogens (tertiary/aromatic N) is 2. The minimum absolute atomic E-state index is 0.0704. The molecule has 2 aliphatic heterocycles. The second kappa shape index (κ2) is 7.54. The van der Waals surface area contributed by atoms with Crippen LogP contribution in [0.3, 0.4) is 0 Å². The number of likely N-dealkylation sites (tertiary alicyclic amines) is 1. The Morgan fingerprint density at radius 3 is 2.96 bits per heavy atom. The van der Waals surface area contributed by atoms with Crippen molar-refractivity contribution in [3.05, 3.63) is 24.3 Å². The Labute approximate surface area is 142 Å². The highest BCUT2D eigenvalue weighted by molar-refractivity contribution is 5.83. The van der Waals surface area contributed by atoms with Crippen LogP contribution in [-0.2, 0) is 4.79 Å². The summed E-state index contributed by atoms with van der Waals surface area (Å²) in [6, 6.07) is 8.48. The number of rotatable bonds is 5. The first kappa shape index (κ1) is 16.6. The molecule has 0 bridgehead atoms. The van der Waals surface area contributed by atoms with E-state index in [9.17, 15) is 9.90 Å². The monoisotopic (exact) mass is 329 g/mol. The van der Waals surface area contributed by atoms with E-state index in [-0.39, 0.29) is 23.7 Å². The van der Waals surface area contributed by atoms with Gasteiger partial charge in [0.25, 0.3) is 0 Å². The Morgan fingerprint density at radius 2 is 2.21 bits per heavy atom. The van der Waals surface area contributed by atoms with Gasteiger partial charge in [-0.1, -0.05) is 0 Å². The SMILES string of the molecule is N#C[C@@H]1CCCN1C(=O)[C@@H]1C[C@H](CCOc2ccc(O)cc2)CN1. The molecule has 3 atom stereocenters. The lowest BCUT2D eigenvalue weighted by Crippen LogP contribution is -2.45. The summed E-state index contributed by atoms with van der Waals surface area (Å²) in [4.78, 5) is 14.3. The molecule has 6 nitrogen and oxygen atoms in total. The van der Waals surface area contributed by atoms with Crippen molar-refractivity contribution in [1.82, 2.24) is 10.2 Å². The van der Waals surface area contributed by atoms with Crippen molar-refractivity contribution >= 4 is 5.91 Å². The van der Waals surface area contributed by atoms with Crippen molar-refractivity contribution in [1.29, 1.82) is 5.26 Å². The number of nitrogens with one attached hydrogen (secondary N) is 1. The molecule has 1 amide bonds. The lowest BCUT2D eigenvalue weighted by atomic mass is 10.0. The second-order valence-corrected chi connectivity index (χ2v) is 6.51. The number of carbonyl (C=O) groups excluding carboxylic acids is 1. The molecule has 2 saturated heterocycles. The average Bonchev–Trinajstić information content (AvgIpc) is 3.25. The molecule has 2 aliphatic rings. The fourth-order valence-electron chi connectivity index (χ4n) is 3.47. The first-order chi connectivity index (χ1) is 11.7. The van der Waals surface area contributed by atoms with Crippen LogP contribution < -0.4 is 10.1 Å². The lowest BCUT2D eigenvalue weighted by Gasteiger charge is -2.23. The highest BCUT2D eigenvalue weighted by atomic mass is 16.5. The summed E-state index contributed by atoms with van der Waals surface area (Å²) in [7, 11) is 0. The lowest BCUT2D eigenvalue weighted by molar-refractivity contribution is -0.133. The maximum absolute atomic E-state index is 12.5. The van der Waals surface area contributed by atoms with E-state index < -0.39 is 0 Å².